The molecule has 0 saturated heterocycles. The van der Waals surface area contributed by atoms with Crippen molar-refractivity contribution < 1.29 is 23.2 Å². The van der Waals surface area contributed by atoms with Gasteiger partial charge in [0.1, 0.15) is 17.4 Å². The molecule has 1 atom stereocenters. The van der Waals surface area contributed by atoms with Crippen LogP contribution in [0, 0.1) is 21.7 Å². The fraction of sp³-hybridized carbons (Fsp3) is 0.190. The van der Waals surface area contributed by atoms with E-state index in [2.05, 4.69) is 22.1 Å². The normalized spacial score (nSPS) is 11.6. The molecular formula is C21H19F2N5O4S. The highest BCUT2D eigenvalue weighted by molar-refractivity contribution is 7.99. The van der Waals surface area contributed by atoms with Crippen molar-refractivity contribution in [1.82, 2.24) is 14.8 Å². The highest BCUT2D eigenvalue weighted by Crippen LogP contribution is 2.26. The van der Waals surface area contributed by atoms with Gasteiger partial charge in [-0.3, -0.25) is 19.5 Å². The SMILES string of the molecule is C=CCn1c(SCC(=O)Nc2cc([N+](=O)[O-])ccc2F)nnc1C(C)Oc1ccc(F)cc1. The van der Waals surface area contributed by atoms with Crippen LogP contribution in [0.5, 0.6) is 5.75 Å². The monoisotopic (exact) mass is 475 g/mol. The molecule has 1 heterocycles. The second kappa shape index (κ2) is 10.7. The number of nitrogens with one attached hydrogen (secondary N) is 1. The Balaban J connectivity index is 1.68. The lowest BCUT2D eigenvalue weighted by Crippen LogP contribution is -2.16. The Labute approximate surface area is 191 Å². The van der Waals surface area contributed by atoms with Gasteiger partial charge in [-0.15, -0.1) is 16.8 Å². The number of nitro benzene ring substituents is 1. The standard InChI is InChI=1S/C21H19F2N5O4S/c1-3-10-27-20(13(2)32-16-7-4-14(22)5-8-16)25-26-21(27)33-12-19(29)24-18-11-15(28(30)31)6-9-17(18)23/h3-9,11,13H,1,10,12H2,2H3,(H,24,29). The molecule has 3 aromatic rings. The zero-order valence-corrected chi connectivity index (χ0v) is 18.2. The molecule has 0 fully saturated rings. The minimum Gasteiger partial charge on any atom is -0.483 e. The Hall–Kier alpha value is -3.80. The van der Waals surface area contributed by atoms with Crippen molar-refractivity contribution >= 4 is 29.0 Å². The van der Waals surface area contributed by atoms with Crippen molar-refractivity contribution in [2.75, 3.05) is 11.1 Å². The zero-order valence-electron chi connectivity index (χ0n) is 17.4. The summed E-state index contributed by atoms with van der Waals surface area (Å²) < 4.78 is 34.5. The molecule has 1 aromatic heterocycles. The van der Waals surface area contributed by atoms with Gasteiger partial charge in [-0.05, 0) is 37.3 Å². The number of hydrogen-bond acceptors (Lipinski definition) is 7. The Morgan fingerprint density at radius 1 is 1.30 bits per heavy atom. The summed E-state index contributed by atoms with van der Waals surface area (Å²) in [6, 6.07) is 8.41. The fourth-order valence-corrected chi connectivity index (χ4v) is 3.57. The van der Waals surface area contributed by atoms with Gasteiger partial charge in [0.15, 0.2) is 17.1 Å². The number of nitrogens with zero attached hydrogens (tertiary/aromatic N) is 4. The quantitative estimate of drug-likeness (QED) is 0.199. The third-order valence-electron chi connectivity index (χ3n) is 4.31. The lowest BCUT2D eigenvalue weighted by atomic mass is 10.2. The largest absolute Gasteiger partial charge is 0.483 e. The van der Waals surface area contributed by atoms with Crippen LogP contribution in [0.1, 0.15) is 18.9 Å². The number of anilines is 1. The van der Waals surface area contributed by atoms with Crippen molar-refractivity contribution in [3.63, 3.8) is 0 Å². The number of hydrogen-bond donors (Lipinski definition) is 1. The van der Waals surface area contributed by atoms with Gasteiger partial charge in [0.2, 0.25) is 5.91 Å². The summed E-state index contributed by atoms with van der Waals surface area (Å²) in [7, 11) is 0. The maximum atomic E-state index is 13.9. The van der Waals surface area contributed by atoms with E-state index < -0.39 is 22.8 Å². The molecule has 0 aliphatic carbocycles. The first kappa shape index (κ1) is 23.9. The first-order valence-corrected chi connectivity index (χ1v) is 10.6. The van der Waals surface area contributed by atoms with Crippen LogP contribution in [-0.2, 0) is 11.3 Å². The number of halogens is 2. The highest BCUT2D eigenvalue weighted by atomic mass is 32.2. The Bertz CT molecular complexity index is 1170. The summed E-state index contributed by atoms with van der Waals surface area (Å²) >= 11 is 1.05. The van der Waals surface area contributed by atoms with Gasteiger partial charge in [0, 0.05) is 18.7 Å². The summed E-state index contributed by atoms with van der Waals surface area (Å²) in [4.78, 5) is 22.5. The Morgan fingerprint density at radius 3 is 2.70 bits per heavy atom. The fourth-order valence-electron chi connectivity index (χ4n) is 2.82. The lowest BCUT2D eigenvalue weighted by molar-refractivity contribution is -0.384. The number of carbonyl (C=O) groups excluding carboxylic acids is 1. The van der Waals surface area contributed by atoms with E-state index >= 15 is 0 Å². The van der Waals surface area contributed by atoms with Gasteiger partial charge in [0.05, 0.1) is 16.4 Å². The number of allylic oxidation sites excluding steroid dienone is 1. The number of amides is 1. The van der Waals surface area contributed by atoms with E-state index in [-0.39, 0.29) is 22.9 Å². The van der Waals surface area contributed by atoms with Crippen LogP contribution in [0.3, 0.4) is 0 Å². The number of carbonyl (C=O) groups is 1. The van der Waals surface area contributed by atoms with Crippen molar-refractivity contribution in [3.05, 3.63) is 82.7 Å². The van der Waals surface area contributed by atoms with Gasteiger partial charge in [-0.1, -0.05) is 17.8 Å². The van der Waals surface area contributed by atoms with E-state index in [1.165, 1.54) is 24.3 Å². The average molecular weight is 475 g/mol. The molecule has 1 unspecified atom stereocenters. The number of ether oxygens (including phenoxy) is 1. The zero-order chi connectivity index (χ0) is 24.0. The van der Waals surface area contributed by atoms with Crippen molar-refractivity contribution in [1.29, 1.82) is 0 Å². The third-order valence-corrected chi connectivity index (χ3v) is 5.28. The Kier molecular flexibility index (Phi) is 7.72. The maximum absolute atomic E-state index is 13.9. The van der Waals surface area contributed by atoms with Gasteiger partial charge in [-0.25, -0.2) is 8.78 Å². The van der Waals surface area contributed by atoms with Crippen molar-refractivity contribution in [2.24, 2.45) is 0 Å². The van der Waals surface area contributed by atoms with Crippen LogP contribution in [-0.4, -0.2) is 31.3 Å². The molecule has 172 valence electrons. The predicted molar refractivity (Wildman–Crippen MR) is 118 cm³/mol. The molecule has 0 spiro atoms. The molecule has 0 bridgehead atoms. The topological polar surface area (TPSA) is 112 Å². The van der Waals surface area contributed by atoms with E-state index in [1.54, 1.807) is 17.6 Å². The molecule has 1 N–H and O–H groups in total. The number of benzene rings is 2. The third kappa shape index (κ3) is 6.13. The minimum atomic E-state index is -0.789. The molecule has 33 heavy (non-hydrogen) atoms. The molecule has 0 aliphatic heterocycles. The summed E-state index contributed by atoms with van der Waals surface area (Å²) in [6.07, 6.45) is 1.09. The first-order valence-electron chi connectivity index (χ1n) is 9.61. The van der Waals surface area contributed by atoms with Crippen LogP contribution < -0.4 is 10.1 Å². The van der Waals surface area contributed by atoms with E-state index in [4.69, 9.17) is 4.74 Å². The van der Waals surface area contributed by atoms with Crippen LogP contribution >= 0.6 is 11.8 Å². The number of nitro groups is 1. The number of non-ortho nitro benzene ring substituents is 1. The van der Waals surface area contributed by atoms with Gasteiger partial charge < -0.3 is 10.1 Å². The van der Waals surface area contributed by atoms with Crippen LogP contribution in [0.4, 0.5) is 20.2 Å². The van der Waals surface area contributed by atoms with Crippen LogP contribution in [0.15, 0.2) is 60.3 Å². The predicted octanol–water partition coefficient (Wildman–Crippen LogP) is 4.52. The van der Waals surface area contributed by atoms with E-state index in [0.717, 1.165) is 30.0 Å². The second-order valence-electron chi connectivity index (χ2n) is 6.71. The van der Waals surface area contributed by atoms with Gasteiger partial charge >= 0.3 is 0 Å². The highest BCUT2D eigenvalue weighted by Gasteiger charge is 2.20. The first-order chi connectivity index (χ1) is 15.8. The smallest absolute Gasteiger partial charge is 0.271 e. The summed E-state index contributed by atoms with van der Waals surface area (Å²) in [5, 5.41) is 21.8. The van der Waals surface area contributed by atoms with E-state index in [1.807, 2.05) is 0 Å². The summed E-state index contributed by atoms with van der Waals surface area (Å²) in [5.41, 5.74) is -0.630. The van der Waals surface area contributed by atoms with Crippen LogP contribution in [0.25, 0.3) is 0 Å². The number of rotatable bonds is 10. The molecule has 0 aliphatic rings. The molecule has 12 heteroatoms. The molecule has 9 nitrogen and oxygen atoms in total. The second-order valence-corrected chi connectivity index (χ2v) is 7.65. The van der Waals surface area contributed by atoms with Crippen molar-refractivity contribution in [2.45, 2.75) is 24.7 Å². The number of thioether (sulfide) groups is 1. The molecule has 0 saturated carbocycles. The lowest BCUT2D eigenvalue weighted by Gasteiger charge is -2.15. The Morgan fingerprint density at radius 2 is 2.03 bits per heavy atom. The van der Waals surface area contributed by atoms with E-state index in [9.17, 15) is 23.7 Å². The van der Waals surface area contributed by atoms with Gasteiger partial charge in [-0.2, -0.15) is 0 Å². The number of aromatic nitrogens is 3. The average Bonchev–Trinajstić information content (AvgIpc) is 3.18. The molecule has 0 radical (unpaired) electrons. The minimum absolute atomic E-state index is 0.148. The van der Waals surface area contributed by atoms with E-state index in [0.29, 0.717) is 23.3 Å². The molecule has 3 rings (SSSR count). The van der Waals surface area contributed by atoms with Crippen LogP contribution in [0.2, 0.25) is 0 Å². The van der Waals surface area contributed by atoms with Gasteiger partial charge in [0.25, 0.3) is 5.69 Å². The molecule has 2 aromatic carbocycles. The molecular weight excluding hydrogens is 456 g/mol. The summed E-state index contributed by atoms with van der Waals surface area (Å²) in [6.45, 7) is 5.80. The van der Waals surface area contributed by atoms with Crippen molar-refractivity contribution in [3.8, 4) is 5.75 Å². The summed E-state index contributed by atoms with van der Waals surface area (Å²) in [5.74, 6) is -0.985. The molecule has 1 amide bonds. The maximum Gasteiger partial charge on any atom is 0.271 e.